The lowest BCUT2D eigenvalue weighted by Crippen LogP contribution is -2.42. The molecule has 3 N–H and O–H groups in total. The van der Waals surface area contributed by atoms with Crippen molar-refractivity contribution in [3.63, 3.8) is 0 Å². The Bertz CT molecular complexity index is 1040. The lowest BCUT2D eigenvalue weighted by molar-refractivity contribution is -0.118. The number of aromatic nitrogens is 3. The van der Waals surface area contributed by atoms with Gasteiger partial charge in [-0.1, -0.05) is 37.6 Å². The van der Waals surface area contributed by atoms with E-state index < -0.39 is 5.92 Å². The summed E-state index contributed by atoms with van der Waals surface area (Å²) < 4.78 is 0. The van der Waals surface area contributed by atoms with Gasteiger partial charge in [0.05, 0.1) is 17.6 Å². The molecule has 0 fully saturated rings. The third-order valence-electron chi connectivity index (χ3n) is 5.20. The number of allylic oxidation sites excluding steroid dienone is 3. The minimum absolute atomic E-state index is 0.0102. The van der Waals surface area contributed by atoms with E-state index in [1.54, 1.807) is 17.0 Å². The van der Waals surface area contributed by atoms with Crippen LogP contribution in [0.2, 0.25) is 5.02 Å². The van der Waals surface area contributed by atoms with Gasteiger partial charge in [-0.2, -0.15) is 15.3 Å². The molecule has 2 aromatic rings. The minimum atomic E-state index is -0.528. The molecule has 1 aliphatic carbocycles. The standard InChI is InChI=1S/C20H19ClN6O/c1-20(2)7-14-17(15(28)8-20)16(11-3-5-12(21)6-4-11)13(9-22)18(23)27(14)19-24-10-25-26-19/h3-6,10,16H,7-8,23H2,1-2H3,(H,24,25,26). The highest BCUT2D eigenvalue weighted by atomic mass is 35.5. The fraction of sp³-hybridized carbons (Fsp3) is 0.300. The van der Waals surface area contributed by atoms with Crippen LogP contribution in [-0.4, -0.2) is 21.0 Å². The van der Waals surface area contributed by atoms with Gasteiger partial charge >= 0.3 is 0 Å². The lowest BCUT2D eigenvalue weighted by Gasteiger charge is -2.42. The summed E-state index contributed by atoms with van der Waals surface area (Å²) in [5.74, 6) is 0.122. The Labute approximate surface area is 167 Å². The van der Waals surface area contributed by atoms with E-state index in [1.165, 1.54) is 6.33 Å². The number of carbonyl (C=O) groups excluding carboxylic acids is 1. The fourth-order valence-electron chi connectivity index (χ4n) is 4.05. The van der Waals surface area contributed by atoms with E-state index in [-0.39, 0.29) is 17.0 Å². The van der Waals surface area contributed by atoms with Crippen molar-refractivity contribution >= 4 is 23.3 Å². The number of H-pyrrole nitrogens is 1. The minimum Gasteiger partial charge on any atom is -0.384 e. The molecule has 2 heterocycles. The van der Waals surface area contributed by atoms with Crippen LogP contribution in [0.4, 0.5) is 5.95 Å². The Hall–Kier alpha value is -3.11. The van der Waals surface area contributed by atoms with Crippen LogP contribution in [0, 0.1) is 16.7 Å². The average molecular weight is 395 g/mol. The summed E-state index contributed by atoms with van der Waals surface area (Å²) in [6.07, 6.45) is 2.40. The largest absolute Gasteiger partial charge is 0.384 e. The fourth-order valence-corrected chi connectivity index (χ4v) is 4.17. The van der Waals surface area contributed by atoms with Crippen molar-refractivity contribution in [1.29, 1.82) is 5.26 Å². The van der Waals surface area contributed by atoms with Crippen molar-refractivity contribution in [2.45, 2.75) is 32.6 Å². The van der Waals surface area contributed by atoms with Crippen molar-refractivity contribution in [1.82, 2.24) is 15.2 Å². The Morgan fingerprint density at radius 2 is 2.04 bits per heavy atom. The molecule has 0 spiro atoms. The number of benzene rings is 1. The summed E-state index contributed by atoms with van der Waals surface area (Å²) in [5, 5.41) is 17.2. The third-order valence-corrected chi connectivity index (χ3v) is 5.45. The first-order valence-electron chi connectivity index (χ1n) is 8.89. The Balaban J connectivity index is 1.99. The van der Waals surface area contributed by atoms with E-state index >= 15 is 0 Å². The number of carbonyl (C=O) groups is 1. The molecule has 0 bridgehead atoms. The van der Waals surface area contributed by atoms with E-state index in [0.717, 1.165) is 11.3 Å². The zero-order valence-electron chi connectivity index (χ0n) is 15.5. The summed E-state index contributed by atoms with van der Waals surface area (Å²) in [7, 11) is 0. The highest BCUT2D eigenvalue weighted by Gasteiger charge is 2.45. The highest BCUT2D eigenvalue weighted by Crippen LogP contribution is 2.49. The first-order chi connectivity index (χ1) is 13.3. The molecule has 1 unspecified atom stereocenters. The molecular formula is C20H19ClN6O. The topological polar surface area (TPSA) is 112 Å². The molecule has 4 rings (SSSR count). The molecule has 1 aromatic heterocycles. The van der Waals surface area contributed by atoms with E-state index in [4.69, 9.17) is 17.3 Å². The van der Waals surface area contributed by atoms with Crippen molar-refractivity contribution < 1.29 is 4.79 Å². The number of aromatic amines is 1. The molecule has 1 aromatic carbocycles. The molecule has 0 radical (unpaired) electrons. The third kappa shape index (κ3) is 2.86. The SMILES string of the molecule is CC1(C)CC(=O)C2=C(C1)N(c1ncn[nH]1)C(N)=C(C#N)C2c1ccc(Cl)cc1. The van der Waals surface area contributed by atoms with Crippen LogP contribution in [0.1, 0.15) is 38.2 Å². The molecule has 0 saturated heterocycles. The monoisotopic (exact) mass is 394 g/mol. The number of Topliss-reactive ketones (excluding diaryl/α,β-unsaturated/α-hetero) is 1. The van der Waals surface area contributed by atoms with Crippen LogP contribution in [-0.2, 0) is 4.79 Å². The highest BCUT2D eigenvalue weighted by molar-refractivity contribution is 6.30. The zero-order valence-corrected chi connectivity index (χ0v) is 16.3. The average Bonchev–Trinajstić information content (AvgIpc) is 3.14. The number of nitrogens with zero attached hydrogens (tertiary/aromatic N) is 4. The zero-order chi connectivity index (χ0) is 20.1. The summed E-state index contributed by atoms with van der Waals surface area (Å²) in [5.41, 5.74) is 8.68. The number of nitrogens with one attached hydrogen (secondary N) is 1. The van der Waals surface area contributed by atoms with E-state index in [0.29, 0.717) is 35.0 Å². The van der Waals surface area contributed by atoms with Gasteiger partial charge in [-0.05, 0) is 29.5 Å². The van der Waals surface area contributed by atoms with Crippen LogP contribution in [0.5, 0.6) is 0 Å². The molecule has 1 aliphatic heterocycles. The maximum absolute atomic E-state index is 13.2. The molecule has 8 heteroatoms. The second-order valence-electron chi connectivity index (χ2n) is 7.84. The molecule has 0 saturated carbocycles. The van der Waals surface area contributed by atoms with Gasteiger partial charge < -0.3 is 5.73 Å². The number of anilines is 1. The van der Waals surface area contributed by atoms with Gasteiger partial charge in [-0.3, -0.25) is 9.69 Å². The quantitative estimate of drug-likeness (QED) is 0.807. The molecule has 1 atom stereocenters. The van der Waals surface area contributed by atoms with Gasteiger partial charge in [0.2, 0.25) is 5.95 Å². The molecule has 28 heavy (non-hydrogen) atoms. The van der Waals surface area contributed by atoms with Crippen LogP contribution in [0.3, 0.4) is 0 Å². The number of halogens is 1. The van der Waals surface area contributed by atoms with Gasteiger partial charge in [-0.25, -0.2) is 5.10 Å². The van der Waals surface area contributed by atoms with Gasteiger partial charge in [0.15, 0.2) is 5.78 Å². The Kier molecular flexibility index (Phi) is 4.24. The maximum atomic E-state index is 13.2. The van der Waals surface area contributed by atoms with Crippen molar-refractivity contribution in [3.05, 3.63) is 63.8 Å². The van der Waals surface area contributed by atoms with Crippen molar-refractivity contribution in [3.8, 4) is 6.07 Å². The number of ketones is 1. The number of rotatable bonds is 2. The summed E-state index contributed by atoms with van der Waals surface area (Å²) in [4.78, 5) is 19.1. The van der Waals surface area contributed by atoms with Crippen molar-refractivity contribution in [2.75, 3.05) is 4.90 Å². The van der Waals surface area contributed by atoms with Gasteiger partial charge in [0, 0.05) is 22.7 Å². The van der Waals surface area contributed by atoms with E-state index in [1.807, 2.05) is 26.0 Å². The Morgan fingerprint density at radius 1 is 1.32 bits per heavy atom. The predicted molar refractivity (Wildman–Crippen MR) is 105 cm³/mol. The number of hydrogen-bond donors (Lipinski definition) is 2. The van der Waals surface area contributed by atoms with Crippen LogP contribution in [0.15, 0.2) is 53.3 Å². The molecule has 7 nitrogen and oxygen atoms in total. The van der Waals surface area contributed by atoms with Gasteiger partial charge in [-0.15, -0.1) is 0 Å². The second kappa shape index (κ2) is 6.50. The first kappa shape index (κ1) is 18.3. The second-order valence-corrected chi connectivity index (χ2v) is 8.28. The number of nitrogens with two attached hydrogens (primary N) is 1. The van der Waals surface area contributed by atoms with Crippen LogP contribution >= 0.6 is 11.6 Å². The normalized spacial score (nSPS) is 21.6. The smallest absolute Gasteiger partial charge is 0.231 e. The van der Waals surface area contributed by atoms with E-state index in [9.17, 15) is 10.1 Å². The van der Waals surface area contributed by atoms with Crippen LogP contribution < -0.4 is 10.6 Å². The summed E-state index contributed by atoms with van der Waals surface area (Å²) in [6.45, 7) is 4.09. The maximum Gasteiger partial charge on any atom is 0.231 e. The predicted octanol–water partition coefficient (Wildman–Crippen LogP) is 3.40. The number of nitriles is 1. The van der Waals surface area contributed by atoms with Gasteiger partial charge in [0.1, 0.15) is 12.1 Å². The summed E-state index contributed by atoms with van der Waals surface area (Å²) in [6, 6.07) is 9.38. The first-order valence-corrected chi connectivity index (χ1v) is 9.27. The molecular weight excluding hydrogens is 376 g/mol. The lowest BCUT2D eigenvalue weighted by atomic mass is 9.68. The molecule has 142 valence electrons. The molecule has 0 amide bonds. The van der Waals surface area contributed by atoms with Gasteiger partial charge in [0.25, 0.3) is 0 Å². The Morgan fingerprint density at radius 3 is 2.64 bits per heavy atom. The van der Waals surface area contributed by atoms with Crippen LogP contribution in [0.25, 0.3) is 0 Å². The summed E-state index contributed by atoms with van der Waals surface area (Å²) >= 11 is 6.04. The van der Waals surface area contributed by atoms with E-state index in [2.05, 4.69) is 21.3 Å². The van der Waals surface area contributed by atoms with Crippen molar-refractivity contribution in [2.24, 2.45) is 11.1 Å². The number of hydrogen-bond acceptors (Lipinski definition) is 6. The molecule has 2 aliphatic rings.